The van der Waals surface area contributed by atoms with E-state index in [4.69, 9.17) is 5.11 Å². The third kappa shape index (κ3) is 6.11. The zero-order valence-corrected chi connectivity index (χ0v) is 18.5. The first kappa shape index (κ1) is 23.0. The number of nitrogens with one attached hydrogen (secondary N) is 1. The molecule has 7 nitrogen and oxygen atoms in total. The van der Waals surface area contributed by atoms with Gasteiger partial charge >= 0.3 is 0 Å². The van der Waals surface area contributed by atoms with Crippen LogP contribution in [0, 0.1) is 5.92 Å². The van der Waals surface area contributed by atoms with E-state index in [1.54, 1.807) is 14.1 Å². The Balaban J connectivity index is 2.09. The maximum Gasteiger partial charge on any atom is 0.153 e. The summed E-state index contributed by atoms with van der Waals surface area (Å²) in [7, 11) is 3.57. The molecule has 160 valence electrons. The third-order valence-electron chi connectivity index (χ3n) is 5.30. The Morgan fingerprint density at radius 3 is 2.52 bits per heavy atom. The van der Waals surface area contributed by atoms with Gasteiger partial charge in [-0.25, -0.2) is 0 Å². The van der Waals surface area contributed by atoms with Crippen LogP contribution in [0.25, 0.3) is 0 Å². The minimum Gasteiger partial charge on any atom is -0.395 e. The molecule has 7 heteroatoms. The maximum atomic E-state index is 9.11. The average molecular weight is 401 g/mol. The molecule has 1 atom stereocenters. The number of piperazine rings is 1. The van der Waals surface area contributed by atoms with Crippen LogP contribution in [0.3, 0.4) is 0 Å². The summed E-state index contributed by atoms with van der Waals surface area (Å²) >= 11 is 0. The van der Waals surface area contributed by atoms with E-state index >= 15 is 0 Å². The van der Waals surface area contributed by atoms with Gasteiger partial charge in [0.05, 0.1) is 12.3 Å². The van der Waals surface area contributed by atoms with E-state index in [1.165, 1.54) is 5.70 Å². The maximum absolute atomic E-state index is 9.11. The fourth-order valence-corrected chi connectivity index (χ4v) is 3.56. The van der Waals surface area contributed by atoms with Crippen LogP contribution < -0.4 is 5.32 Å². The van der Waals surface area contributed by atoms with Crippen molar-refractivity contribution in [3.8, 4) is 0 Å². The lowest BCUT2D eigenvalue weighted by atomic mass is 9.99. The lowest BCUT2D eigenvalue weighted by Crippen LogP contribution is -2.46. The molecule has 0 aromatic carbocycles. The normalized spacial score (nSPS) is 24.5. The van der Waals surface area contributed by atoms with Crippen molar-refractivity contribution in [1.29, 1.82) is 0 Å². The fraction of sp³-hybridized carbons (Fsp3) is 0.591. The van der Waals surface area contributed by atoms with Gasteiger partial charge in [-0.3, -0.25) is 19.9 Å². The molecule has 0 aliphatic carbocycles. The van der Waals surface area contributed by atoms with Crippen molar-refractivity contribution in [1.82, 2.24) is 15.1 Å². The first-order valence-corrected chi connectivity index (χ1v) is 10.5. The molecule has 0 spiro atoms. The molecular weight excluding hydrogens is 364 g/mol. The number of rotatable bonds is 7. The van der Waals surface area contributed by atoms with Crippen LogP contribution in [-0.4, -0.2) is 92.1 Å². The molecule has 2 N–H and O–H groups in total. The van der Waals surface area contributed by atoms with Crippen LogP contribution in [0.5, 0.6) is 0 Å². The molecule has 1 unspecified atom stereocenters. The Morgan fingerprint density at radius 2 is 1.97 bits per heavy atom. The number of aliphatic hydroxyl groups excluding tert-OH is 1. The third-order valence-corrected chi connectivity index (χ3v) is 5.30. The summed E-state index contributed by atoms with van der Waals surface area (Å²) < 4.78 is 0. The smallest absolute Gasteiger partial charge is 0.153 e. The molecule has 29 heavy (non-hydrogen) atoms. The highest BCUT2D eigenvalue weighted by atomic mass is 16.3. The van der Waals surface area contributed by atoms with Crippen molar-refractivity contribution in [2.24, 2.45) is 20.9 Å². The van der Waals surface area contributed by atoms with Crippen LogP contribution in [0.2, 0.25) is 0 Å². The topological polar surface area (TPSA) is 75.8 Å². The van der Waals surface area contributed by atoms with Crippen molar-refractivity contribution in [3.63, 3.8) is 0 Å². The molecule has 1 fully saturated rings. The van der Waals surface area contributed by atoms with Crippen LogP contribution in [0.1, 0.15) is 20.8 Å². The Bertz CT molecular complexity index is 724. The fourth-order valence-electron chi connectivity index (χ4n) is 3.56. The molecule has 0 radical (unpaired) electrons. The summed E-state index contributed by atoms with van der Waals surface area (Å²) in [6.45, 7) is 11.9. The molecule has 2 aliphatic rings. The number of hydrogen-bond acceptors (Lipinski definition) is 6. The highest BCUT2D eigenvalue weighted by molar-refractivity contribution is 6.71. The van der Waals surface area contributed by atoms with Gasteiger partial charge in [0.1, 0.15) is 5.71 Å². The standard InChI is InChI=1S/C22H36N6O/c1-6-18(28-12-10-27(11-13-28)14-15-29)9-8-17(3)19-16-20(23-4)21(25-7-2)22(24-5)26-19/h6,8-9,16-17,29H,7,10-15H2,1-5H3,(H,24,26)/b9-8-,18-6+,23-20?,25-21?. The first-order valence-electron chi connectivity index (χ1n) is 10.5. The Hall–Kier alpha value is -2.25. The minimum absolute atomic E-state index is 0.192. The summed E-state index contributed by atoms with van der Waals surface area (Å²) in [6, 6.07) is 0. The van der Waals surface area contributed by atoms with Gasteiger partial charge in [0.25, 0.3) is 0 Å². The number of aliphatic imine (C=N–C) groups is 3. The van der Waals surface area contributed by atoms with Gasteiger partial charge < -0.3 is 15.3 Å². The highest BCUT2D eigenvalue weighted by Crippen LogP contribution is 2.17. The van der Waals surface area contributed by atoms with E-state index in [1.807, 2.05) is 6.92 Å². The summed E-state index contributed by atoms with van der Waals surface area (Å²) in [5, 5.41) is 12.5. The zero-order valence-electron chi connectivity index (χ0n) is 18.5. The van der Waals surface area contributed by atoms with E-state index in [0.717, 1.165) is 55.7 Å². The monoisotopic (exact) mass is 400 g/mol. The van der Waals surface area contributed by atoms with E-state index < -0.39 is 0 Å². The molecule has 0 saturated carbocycles. The quantitative estimate of drug-likeness (QED) is 0.639. The SMILES string of the molecule is C/C=C(\C=C/C(C)C1=CC(=NC)C(=NCC)C(=NC)N1)N1CCN(CCO)CC1. The summed E-state index contributed by atoms with van der Waals surface area (Å²) in [6.07, 6.45) is 8.66. The van der Waals surface area contributed by atoms with Crippen LogP contribution >= 0.6 is 0 Å². The second kappa shape index (κ2) is 11.7. The van der Waals surface area contributed by atoms with Gasteiger partial charge in [-0.2, -0.15) is 0 Å². The van der Waals surface area contributed by atoms with Gasteiger partial charge in [0.2, 0.25) is 0 Å². The van der Waals surface area contributed by atoms with Crippen molar-refractivity contribution >= 4 is 17.3 Å². The van der Waals surface area contributed by atoms with Gasteiger partial charge in [0, 0.05) is 70.7 Å². The van der Waals surface area contributed by atoms with Crippen molar-refractivity contribution in [3.05, 3.63) is 35.7 Å². The summed E-state index contributed by atoms with van der Waals surface area (Å²) in [5.41, 5.74) is 4.00. The number of β-amino-alcohol motifs (C(OH)–C–C–N with tert-alkyl or cyclic N) is 1. The first-order chi connectivity index (χ1) is 14.1. The number of aliphatic hydroxyl groups is 1. The van der Waals surface area contributed by atoms with E-state index in [2.05, 4.69) is 68.2 Å². The Kier molecular flexibility index (Phi) is 9.28. The summed E-state index contributed by atoms with van der Waals surface area (Å²) in [5.74, 6) is 0.966. The Morgan fingerprint density at radius 1 is 1.24 bits per heavy atom. The summed E-state index contributed by atoms with van der Waals surface area (Å²) in [4.78, 5) is 18.0. The molecule has 2 heterocycles. The largest absolute Gasteiger partial charge is 0.395 e. The van der Waals surface area contributed by atoms with Gasteiger partial charge in [-0.1, -0.05) is 19.1 Å². The van der Waals surface area contributed by atoms with Crippen LogP contribution in [-0.2, 0) is 0 Å². The van der Waals surface area contributed by atoms with Crippen LogP contribution in [0.4, 0.5) is 0 Å². The predicted octanol–water partition coefficient (Wildman–Crippen LogP) is 1.74. The highest BCUT2D eigenvalue weighted by Gasteiger charge is 2.23. The Labute approximate surface area is 175 Å². The molecule has 2 rings (SSSR count). The average Bonchev–Trinajstić information content (AvgIpc) is 2.75. The lowest BCUT2D eigenvalue weighted by molar-refractivity contribution is 0.133. The molecule has 0 bridgehead atoms. The number of allylic oxidation sites excluding steroid dienone is 4. The van der Waals surface area contributed by atoms with Crippen molar-refractivity contribution in [2.45, 2.75) is 20.8 Å². The second-order valence-electron chi connectivity index (χ2n) is 7.14. The van der Waals surface area contributed by atoms with Gasteiger partial charge in [-0.05, 0) is 26.0 Å². The van der Waals surface area contributed by atoms with E-state index in [-0.39, 0.29) is 12.5 Å². The van der Waals surface area contributed by atoms with Gasteiger partial charge in [0.15, 0.2) is 5.84 Å². The van der Waals surface area contributed by atoms with E-state index in [0.29, 0.717) is 6.54 Å². The molecular formula is C22H36N6O. The van der Waals surface area contributed by atoms with Crippen molar-refractivity contribution < 1.29 is 5.11 Å². The van der Waals surface area contributed by atoms with Gasteiger partial charge in [-0.15, -0.1) is 0 Å². The number of nitrogens with zero attached hydrogens (tertiary/aromatic N) is 5. The van der Waals surface area contributed by atoms with Crippen molar-refractivity contribution in [2.75, 3.05) is 60.0 Å². The number of hydrogen-bond donors (Lipinski definition) is 2. The zero-order chi connectivity index (χ0) is 21.2. The van der Waals surface area contributed by atoms with E-state index in [9.17, 15) is 0 Å². The predicted molar refractivity (Wildman–Crippen MR) is 123 cm³/mol. The second-order valence-corrected chi connectivity index (χ2v) is 7.14. The van der Waals surface area contributed by atoms with Crippen LogP contribution in [0.15, 0.2) is 50.7 Å². The molecule has 1 saturated heterocycles. The molecule has 0 amide bonds. The number of amidine groups is 1. The lowest BCUT2D eigenvalue weighted by Gasteiger charge is -2.36. The molecule has 2 aliphatic heterocycles. The minimum atomic E-state index is 0.192. The molecule has 0 aromatic rings. The molecule has 0 aromatic heterocycles.